The number of carbonyl (C=O) groups is 4. The first kappa shape index (κ1) is 24.7. The number of halogens is 1. The van der Waals surface area contributed by atoms with Gasteiger partial charge in [0.2, 0.25) is 11.8 Å². The lowest BCUT2D eigenvalue weighted by Gasteiger charge is -2.28. The van der Waals surface area contributed by atoms with E-state index in [9.17, 15) is 19.2 Å². The monoisotopic (exact) mass is 516 g/mol. The van der Waals surface area contributed by atoms with Crippen molar-refractivity contribution in [1.29, 1.82) is 0 Å². The zero-order valence-electron chi connectivity index (χ0n) is 19.9. The van der Waals surface area contributed by atoms with E-state index in [-0.39, 0.29) is 35.1 Å². The van der Waals surface area contributed by atoms with Gasteiger partial charge in [0.1, 0.15) is 0 Å². The Kier molecular flexibility index (Phi) is 7.06. The summed E-state index contributed by atoms with van der Waals surface area (Å²) in [6.07, 6.45) is 2.19. The van der Waals surface area contributed by atoms with Gasteiger partial charge in [-0.05, 0) is 73.2 Å². The van der Waals surface area contributed by atoms with Gasteiger partial charge in [-0.15, -0.1) is 0 Å². The van der Waals surface area contributed by atoms with E-state index in [2.05, 4.69) is 17.4 Å². The van der Waals surface area contributed by atoms with Gasteiger partial charge in [0, 0.05) is 10.7 Å². The van der Waals surface area contributed by atoms with E-state index < -0.39 is 18.5 Å². The number of hydrogen-bond donors (Lipinski definition) is 1. The first-order valence-electron chi connectivity index (χ1n) is 12.2. The molecule has 1 heterocycles. The van der Waals surface area contributed by atoms with Crippen LogP contribution >= 0.6 is 11.6 Å². The lowest BCUT2D eigenvalue weighted by atomic mass is 9.73. The van der Waals surface area contributed by atoms with Gasteiger partial charge >= 0.3 is 5.97 Å². The van der Waals surface area contributed by atoms with Gasteiger partial charge in [-0.1, -0.05) is 48.0 Å². The summed E-state index contributed by atoms with van der Waals surface area (Å²) in [5, 5.41) is 3.07. The third-order valence-electron chi connectivity index (χ3n) is 7.00. The highest BCUT2D eigenvalue weighted by molar-refractivity contribution is 6.30. The lowest BCUT2D eigenvalue weighted by Crippen LogP contribution is -2.30. The molecule has 37 heavy (non-hydrogen) atoms. The van der Waals surface area contributed by atoms with Crippen LogP contribution in [0.1, 0.15) is 41.1 Å². The van der Waals surface area contributed by atoms with E-state index in [1.54, 1.807) is 36.4 Å². The topological polar surface area (TPSA) is 92.8 Å². The Hall–Kier alpha value is -3.97. The van der Waals surface area contributed by atoms with Crippen LogP contribution in [0, 0.1) is 11.8 Å². The summed E-state index contributed by atoms with van der Waals surface area (Å²) >= 11 is 5.90. The summed E-state index contributed by atoms with van der Waals surface area (Å²) in [5.74, 6) is -1.96. The molecule has 5 rings (SSSR count). The summed E-state index contributed by atoms with van der Waals surface area (Å²) in [4.78, 5) is 52.1. The number of benzene rings is 3. The number of fused-ring (bicyclic) bond motifs is 1. The lowest BCUT2D eigenvalue weighted by molar-refractivity contribution is -0.122. The molecule has 2 aliphatic rings. The highest BCUT2D eigenvalue weighted by atomic mass is 35.5. The van der Waals surface area contributed by atoms with Crippen LogP contribution in [0.4, 0.5) is 11.4 Å². The molecule has 3 atom stereocenters. The maximum absolute atomic E-state index is 13.3. The Bertz CT molecular complexity index is 1340. The highest BCUT2D eigenvalue weighted by Crippen LogP contribution is 2.45. The van der Waals surface area contributed by atoms with Gasteiger partial charge in [-0.2, -0.15) is 0 Å². The fourth-order valence-electron chi connectivity index (χ4n) is 5.19. The summed E-state index contributed by atoms with van der Waals surface area (Å²) in [5.41, 5.74) is 2.33. The molecule has 0 unspecified atom stereocenters. The van der Waals surface area contributed by atoms with Crippen LogP contribution in [0.5, 0.6) is 0 Å². The van der Waals surface area contributed by atoms with Gasteiger partial charge in [-0.25, -0.2) is 4.79 Å². The van der Waals surface area contributed by atoms with E-state index in [1.165, 1.54) is 22.6 Å². The minimum Gasteiger partial charge on any atom is -0.452 e. The standard InChI is InChI=1S/C29H25ClN2O5/c30-21-7-4-8-22(16-21)31-26(33)17-37-29(36)19-9-12-23(13-10-19)32-27(34)24-14-11-20(15-25(24)28(32)35)18-5-2-1-3-6-18/h1-10,12-13,16,20,24-25H,11,14-15,17H2,(H,31,33)/t20-,24-,25+/m1/s1. The molecule has 3 aromatic carbocycles. The van der Waals surface area contributed by atoms with Crippen molar-refractivity contribution in [3.63, 3.8) is 0 Å². The van der Waals surface area contributed by atoms with Crippen molar-refractivity contribution in [3.8, 4) is 0 Å². The third kappa shape index (κ3) is 5.27. The van der Waals surface area contributed by atoms with Crippen LogP contribution in [0.2, 0.25) is 5.02 Å². The minimum atomic E-state index is -0.689. The number of anilines is 2. The molecule has 3 aromatic rings. The van der Waals surface area contributed by atoms with Crippen molar-refractivity contribution in [2.24, 2.45) is 11.8 Å². The normalized spacial score (nSPS) is 20.9. The largest absolute Gasteiger partial charge is 0.452 e. The number of nitrogens with one attached hydrogen (secondary N) is 1. The Morgan fingerprint density at radius 3 is 2.35 bits per heavy atom. The first-order chi connectivity index (χ1) is 17.9. The van der Waals surface area contributed by atoms with Crippen molar-refractivity contribution in [1.82, 2.24) is 0 Å². The minimum absolute atomic E-state index is 0.186. The Labute approximate surface area is 219 Å². The van der Waals surface area contributed by atoms with Crippen molar-refractivity contribution < 1.29 is 23.9 Å². The smallest absolute Gasteiger partial charge is 0.338 e. The fraction of sp³-hybridized carbons (Fsp3) is 0.241. The molecule has 3 amide bonds. The predicted octanol–water partition coefficient (Wildman–Crippen LogP) is 5.21. The Morgan fingerprint density at radius 2 is 1.62 bits per heavy atom. The number of hydrogen-bond acceptors (Lipinski definition) is 5. The molecule has 1 aliphatic heterocycles. The number of nitrogens with zero attached hydrogens (tertiary/aromatic N) is 1. The molecule has 2 fully saturated rings. The summed E-state index contributed by atoms with van der Waals surface area (Å²) in [6, 6.07) is 22.8. The van der Waals surface area contributed by atoms with E-state index >= 15 is 0 Å². The molecule has 0 bridgehead atoms. The van der Waals surface area contributed by atoms with Gasteiger partial charge in [0.05, 0.1) is 23.1 Å². The number of rotatable bonds is 6. The first-order valence-corrected chi connectivity index (χ1v) is 12.5. The van der Waals surface area contributed by atoms with Gasteiger partial charge in [-0.3, -0.25) is 19.3 Å². The molecular formula is C29H25ClN2O5. The molecule has 188 valence electrons. The molecule has 1 aliphatic carbocycles. The van der Waals surface area contributed by atoms with Crippen molar-refractivity contribution in [2.75, 3.05) is 16.8 Å². The molecule has 1 saturated carbocycles. The zero-order valence-corrected chi connectivity index (χ0v) is 20.7. The van der Waals surface area contributed by atoms with Crippen molar-refractivity contribution >= 4 is 46.7 Å². The van der Waals surface area contributed by atoms with E-state index in [0.717, 1.165) is 6.42 Å². The van der Waals surface area contributed by atoms with Crippen LogP contribution in [0.15, 0.2) is 78.9 Å². The maximum atomic E-state index is 13.3. The molecular weight excluding hydrogens is 492 g/mol. The molecule has 8 heteroatoms. The average Bonchev–Trinajstić information content (AvgIpc) is 3.17. The van der Waals surface area contributed by atoms with Crippen LogP contribution in [-0.2, 0) is 19.1 Å². The SMILES string of the molecule is O=C(COC(=O)c1ccc(N2C(=O)[C@H]3C[C@H](c4ccccc4)CC[C@H]3C2=O)cc1)Nc1cccc(Cl)c1. The number of carbonyl (C=O) groups excluding carboxylic acids is 4. The summed E-state index contributed by atoms with van der Waals surface area (Å²) in [6.45, 7) is -0.470. The van der Waals surface area contributed by atoms with E-state index in [0.29, 0.717) is 29.2 Å². The molecule has 0 radical (unpaired) electrons. The van der Waals surface area contributed by atoms with Gasteiger partial charge in [0.15, 0.2) is 6.61 Å². The molecule has 1 N–H and O–H groups in total. The Balaban J connectivity index is 1.20. The number of imide groups is 1. The number of amides is 3. The molecule has 1 saturated heterocycles. The van der Waals surface area contributed by atoms with Crippen LogP contribution in [0.3, 0.4) is 0 Å². The fourth-order valence-corrected chi connectivity index (χ4v) is 5.38. The van der Waals surface area contributed by atoms with E-state index in [4.69, 9.17) is 16.3 Å². The zero-order chi connectivity index (χ0) is 25.9. The van der Waals surface area contributed by atoms with E-state index in [1.807, 2.05) is 18.2 Å². The predicted molar refractivity (Wildman–Crippen MR) is 139 cm³/mol. The van der Waals surface area contributed by atoms with Crippen LogP contribution < -0.4 is 10.2 Å². The van der Waals surface area contributed by atoms with Crippen molar-refractivity contribution in [2.45, 2.75) is 25.2 Å². The average molecular weight is 517 g/mol. The molecule has 0 spiro atoms. The number of esters is 1. The van der Waals surface area contributed by atoms with Crippen LogP contribution in [0.25, 0.3) is 0 Å². The third-order valence-corrected chi connectivity index (χ3v) is 7.24. The second kappa shape index (κ2) is 10.6. The van der Waals surface area contributed by atoms with Gasteiger partial charge < -0.3 is 10.1 Å². The second-order valence-corrected chi connectivity index (χ2v) is 9.76. The van der Waals surface area contributed by atoms with Crippen molar-refractivity contribution in [3.05, 3.63) is 95.0 Å². The molecule has 0 aromatic heterocycles. The summed E-state index contributed by atoms with van der Waals surface area (Å²) < 4.78 is 5.10. The molecule has 7 nitrogen and oxygen atoms in total. The summed E-state index contributed by atoms with van der Waals surface area (Å²) in [7, 11) is 0. The Morgan fingerprint density at radius 1 is 0.892 bits per heavy atom. The maximum Gasteiger partial charge on any atom is 0.338 e. The van der Waals surface area contributed by atoms with Crippen LogP contribution in [-0.4, -0.2) is 30.3 Å². The second-order valence-electron chi connectivity index (χ2n) is 9.33. The quantitative estimate of drug-likeness (QED) is 0.358. The highest BCUT2D eigenvalue weighted by Gasteiger charge is 2.50. The van der Waals surface area contributed by atoms with Gasteiger partial charge in [0.25, 0.3) is 5.91 Å². The number of ether oxygens (including phenoxy) is 1.